The van der Waals surface area contributed by atoms with Crippen molar-refractivity contribution < 1.29 is 4.39 Å². The van der Waals surface area contributed by atoms with Crippen LogP contribution in [0.1, 0.15) is 25.5 Å². The SMILES string of the molecule is CNc1cc(C(C)C)nc(-c2ccc(F)cn2)n1. The molecule has 0 bridgehead atoms. The van der Waals surface area contributed by atoms with Crippen molar-refractivity contribution in [2.24, 2.45) is 0 Å². The topological polar surface area (TPSA) is 50.7 Å². The van der Waals surface area contributed by atoms with Crippen LogP contribution in [0.3, 0.4) is 0 Å². The molecule has 5 heteroatoms. The van der Waals surface area contributed by atoms with Gasteiger partial charge in [0.1, 0.15) is 17.3 Å². The molecule has 2 rings (SSSR count). The van der Waals surface area contributed by atoms with Crippen molar-refractivity contribution in [1.29, 1.82) is 0 Å². The molecule has 0 fully saturated rings. The van der Waals surface area contributed by atoms with E-state index in [-0.39, 0.29) is 5.82 Å². The molecule has 0 spiro atoms. The molecular weight excluding hydrogens is 231 g/mol. The fraction of sp³-hybridized carbons (Fsp3) is 0.308. The van der Waals surface area contributed by atoms with Crippen LogP contribution in [0.5, 0.6) is 0 Å². The highest BCUT2D eigenvalue weighted by Crippen LogP contribution is 2.20. The number of halogens is 1. The van der Waals surface area contributed by atoms with Crippen molar-refractivity contribution in [2.45, 2.75) is 19.8 Å². The third kappa shape index (κ3) is 2.61. The zero-order valence-electron chi connectivity index (χ0n) is 10.6. The van der Waals surface area contributed by atoms with E-state index in [1.165, 1.54) is 12.3 Å². The summed E-state index contributed by atoms with van der Waals surface area (Å²) in [5.41, 5.74) is 1.49. The van der Waals surface area contributed by atoms with Gasteiger partial charge in [0.05, 0.1) is 6.20 Å². The Bertz CT molecular complexity index is 537. The normalized spacial score (nSPS) is 10.7. The summed E-state index contributed by atoms with van der Waals surface area (Å²) < 4.78 is 12.8. The number of hydrogen-bond acceptors (Lipinski definition) is 4. The summed E-state index contributed by atoms with van der Waals surface area (Å²) in [7, 11) is 1.80. The molecule has 0 atom stereocenters. The number of nitrogens with zero attached hydrogens (tertiary/aromatic N) is 3. The molecule has 0 saturated carbocycles. The number of nitrogens with one attached hydrogen (secondary N) is 1. The van der Waals surface area contributed by atoms with E-state index in [1.54, 1.807) is 13.1 Å². The van der Waals surface area contributed by atoms with Gasteiger partial charge in [-0.1, -0.05) is 13.8 Å². The first-order valence-corrected chi connectivity index (χ1v) is 5.79. The van der Waals surface area contributed by atoms with Crippen molar-refractivity contribution in [3.05, 3.63) is 35.9 Å². The first-order chi connectivity index (χ1) is 8.60. The summed E-state index contributed by atoms with van der Waals surface area (Å²) in [6, 6.07) is 4.83. The van der Waals surface area contributed by atoms with Gasteiger partial charge in [-0.2, -0.15) is 0 Å². The number of pyridine rings is 1. The van der Waals surface area contributed by atoms with Crippen molar-refractivity contribution in [3.63, 3.8) is 0 Å². The van der Waals surface area contributed by atoms with Crippen LogP contribution in [-0.2, 0) is 0 Å². The van der Waals surface area contributed by atoms with E-state index in [1.807, 2.05) is 6.07 Å². The molecule has 0 aliphatic rings. The smallest absolute Gasteiger partial charge is 0.180 e. The third-order valence-corrected chi connectivity index (χ3v) is 2.55. The van der Waals surface area contributed by atoms with E-state index in [0.29, 0.717) is 17.4 Å². The quantitative estimate of drug-likeness (QED) is 0.904. The van der Waals surface area contributed by atoms with E-state index in [2.05, 4.69) is 34.1 Å². The van der Waals surface area contributed by atoms with Gasteiger partial charge >= 0.3 is 0 Å². The second-order valence-corrected chi connectivity index (χ2v) is 4.27. The minimum atomic E-state index is -0.368. The van der Waals surface area contributed by atoms with Crippen LogP contribution >= 0.6 is 0 Å². The molecule has 4 nitrogen and oxygen atoms in total. The Morgan fingerprint density at radius 3 is 2.56 bits per heavy atom. The molecule has 0 saturated heterocycles. The predicted octanol–water partition coefficient (Wildman–Crippen LogP) is 2.84. The Labute approximate surface area is 105 Å². The van der Waals surface area contributed by atoms with Gasteiger partial charge in [-0.25, -0.2) is 19.3 Å². The summed E-state index contributed by atoms with van der Waals surface area (Å²) in [5.74, 6) is 1.16. The molecular formula is C13H15FN4. The van der Waals surface area contributed by atoms with Crippen molar-refractivity contribution in [3.8, 4) is 11.5 Å². The molecule has 0 aliphatic heterocycles. The van der Waals surface area contributed by atoms with Crippen LogP contribution in [-0.4, -0.2) is 22.0 Å². The molecule has 0 unspecified atom stereocenters. The maximum atomic E-state index is 12.8. The van der Waals surface area contributed by atoms with E-state index in [4.69, 9.17) is 0 Å². The first kappa shape index (κ1) is 12.4. The first-order valence-electron chi connectivity index (χ1n) is 5.79. The standard InChI is InChI=1S/C13H15FN4/c1-8(2)11-6-12(15-3)18-13(17-11)10-5-4-9(14)7-16-10/h4-8H,1-3H3,(H,15,17,18). The van der Waals surface area contributed by atoms with Gasteiger partial charge in [-0.15, -0.1) is 0 Å². The highest BCUT2D eigenvalue weighted by atomic mass is 19.1. The van der Waals surface area contributed by atoms with Crippen molar-refractivity contribution >= 4 is 5.82 Å². The van der Waals surface area contributed by atoms with Crippen molar-refractivity contribution in [2.75, 3.05) is 12.4 Å². The van der Waals surface area contributed by atoms with Gasteiger partial charge in [-0.3, -0.25) is 0 Å². The maximum Gasteiger partial charge on any atom is 0.180 e. The van der Waals surface area contributed by atoms with E-state index in [9.17, 15) is 4.39 Å². The average molecular weight is 246 g/mol. The van der Waals surface area contributed by atoms with Gasteiger partial charge < -0.3 is 5.32 Å². The van der Waals surface area contributed by atoms with Gasteiger partial charge in [0.15, 0.2) is 5.82 Å². The fourth-order valence-electron chi connectivity index (χ4n) is 1.51. The average Bonchev–Trinajstić information content (AvgIpc) is 2.39. The van der Waals surface area contributed by atoms with E-state index in [0.717, 1.165) is 11.5 Å². The van der Waals surface area contributed by atoms with Gasteiger partial charge in [-0.05, 0) is 18.1 Å². The third-order valence-electron chi connectivity index (χ3n) is 2.55. The molecule has 2 heterocycles. The highest BCUT2D eigenvalue weighted by molar-refractivity contribution is 5.53. The molecule has 94 valence electrons. The maximum absolute atomic E-state index is 12.8. The second kappa shape index (κ2) is 5.08. The molecule has 0 aliphatic carbocycles. The summed E-state index contributed by atoms with van der Waals surface area (Å²) in [5, 5.41) is 2.99. The van der Waals surface area contributed by atoms with Crippen LogP contribution in [0.4, 0.5) is 10.2 Å². The van der Waals surface area contributed by atoms with Crippen LogP contribution in [0.25, 0.3) is 11.5 Å². The van der Waals surface area contributed by atoms with Gasteiger partial charge in [0.2, 0.25) is 0 Å². The molecule has 0 amide bonds. The Morgan fingerprint density at radius 2 is 2.00 bits per heavy atom. The van der Waals surface area contributed by atoms with E-state index >= 15 is 0 Å². The highest BCUT2D eigenvalue weighted by Gasteiger charge is 2.09. The number of aromatic nitrogens is 3. The van der Waals surface area contributed by atoms with Gasteiger partial charge in [0.25, 0.3) is 0 Å². The zero-order valence-corrected chi connectivity index (χ0v) is 10.6. The molecule has 1 N–H and O–H groups in total. The molecule has 2 aromatic rings. The lowest BCUT2D eigenvalue weighted by Crippen LogP contribution is -2.03. The van der Waals surface area contributed by atoms with E-state index < -0.39 is 0 Å². The summed E-state index contributed by atoms with van der Waals surface area (Å²) in [6.45, 7) is 4.12. The monoisotopic (exact) mass is 246 g/mol. The molecule has 2 aromatic heterocycles. The lowest BCUT2D eigenvalue weighted by molar-refractivity contribution is 0.621. The van der Waals surface area contributed by atoms with Crippen LogP contribution in [0.15, 0.2) is 24.4 Å². The van der Waals surface area contributed by atoms with Gasteiger partial charge in [0, 0.05) is 18.8 Å². The molecule has 0 radical (unpaired) electrons. The Hall–Kier alpha value is -2.04. The second-order valence-electron chi connectivity index (χ2n) is 4.27. The lowest BCUT2D eigenvalue weighted by atomic mass is 10.1. The number of anilines is 1. The molecule has 0 aromatic carbocycles. The minimum Gasteiger partial charge on any atom is -0.373 e. The Kier molecular flexibility index (Phi) is 3.50. The summed E-state index contributed by atoms with van der Waals surface area (Å²) >= 11 is 0. The summed E-state index contributed by atoms with van der Waals surface area (Å²) in [6.07, 6.45) is 1.17. The zero-order chi connectivity index (χ0) is 13.1. The number of rotatable bonds is 3. The predicted molar refractivity (Wildman–Crippen MR) is 68.9 cm³/mol. The summed E-state index contributed by atoms with van der Waals surface area (Å²) in [4.78, 5) is 12.8. The van der Waals surface area contributed by atoms with Crippen molar-refractivity contribution in [1.82, 2.24) is 15.0 Å². The van der Waals surface area contributed by atoms with Crippen LogP contribution in [0, 0.1) is 5.82 Å². The number of hydrogen-bond donors (Lipinski definition) is 1. The lowest BCUT2D eigenvalue weighted by Gasteiger charge is -2.09. The minimum absolute atomic E-state index is 0.291. The Balaban J connectivity index is 2.49. The fourth-order valence-corrected chi connectivity index (χ4v) is 1.51. The van der Waals surface area contributed by atoms with Crippen LogP contribution < -0.4 is 5.32 Å². The van der Waals surface area contributed by atoms with Crippen LogP contribution in [0.2, 0.25) is 0 Å². The Morgan fingerprint density at radius 1 is 1.22 bits per heavy atom. The largest absolute Gasteiger partial charge is 0.373 e. The molecule has 18 heavy (non-hydrogen) atoms.